The maximum Gasteiger partial charge on any atom is 2.00 e. The molecule has 10 rings (SSSR count). The number of allylic oxidation sites excluding steroid dienone is 4. The van der Waals surface area contributed by atoms with Crippen molar-refractivity contribution < 1.29 is 49.2 Å². The summed E-state index contributed by atoms with van der Waals surface area (Å²) in [5.41, 5.74) is -0.155. The number of rotatable bonds is 6. The van der Waals surface area contributed by atoms with Gasteiger partial charge in [0.1, 0.15) is 0 Å². The molecule has 4 N–H and O–H groups in total. The summed E-state index contributed by atoms with van der Waals surface area (Å²) in [6.45, 7) is 30.6. The molecule has 0 heterocycles. The normalized spacial score (nSPS) is 48.8. The van der Waals surface area contributed by atoms with E-state index in [0.717, 1.165) is 89.9 Å². The van der Waals surface area contributed by atoms with E-state index in [1.54, 1.807) is 0 Å². The zero-order valence-corrected chi connectivity index (χ0v) is 52.0. The molecular weight excluding hydrogens is 997 g/mol. The van der Waals surface area contributed by atoms with Crippen LogP contribution < -0.4 is 20.8 Å². The minimum absolute atomic E-state index is 0. The molecule has 77 heavy (non-hydrogen) atoms. The molecule has 0 aromatic heterocycles. The number of ketones is 2. The van der Waals surface area contributed by atoms with Crippen molar-refractivity contribution in [2.75, 3.05) is 13.1 Å². The minimum atomic E-state index is -1.28. The molecular formula is C64H96CaN2O10. The van der Waals surface area contributed by atoms with Crippen LogP contribution in [0, 0.1) is 100 Å². The Morgan fingerprint density at radius 2 is 0.818 bits per heavy atom. The molecule has 13 heteroatoms. The van der Waals surface area contributed by atoms with Crippen LogP contribution in [-0.2, 0) is 28.8 Å². The van der Waals surface area contributed by atoms with Crippen molar-refractivity contribution in [3.05, 3.63) is 23.3 Å². The van der Waals surface area contributed by atoms with E-state index in [-0.39, 0.29) is 151 Å². The third-order valence-electron chi connectivity index (χ3n) is 27.0. The standard InChI is InChI=1S/2C32H49NO5.Ca/c2*1-27(2)22-8-11-32(7)25(30(22,5)10-9-23(27)35)21(34)16-19-20-17-29(4,26(38)33-18-24(36)37)13-12-28(20,3)14-15-31(19,32)6;/h2*16,20,22-23,25,35H,8-15,17-18H2,1-7H3,(H,33,38)(H,36,37);/q;;+2/p-2/t2*20-,22?,23+,25?,28-,29-,30+,31-,32-;/m11./s1. The molecule has 424 valence electrons. The first-order valence-corrected chi connectivity index (χ1v) is 29.7. The third kappa shape index (κ3) is 8.83. The number of carboxylic acids is 2. The summed E-state index contributed by atoms with van der Waals surface area (Å²) in [6.07, 6.45) is 19.3. The zero-order chi connectivity index (χ0) is 56.2. The number of nitrogens with one attached hydrogen (secondary N) is 2. The Labute approximate surface area is 491 Å². The molecule has 2 amide bonds. The molecule has 4 unspecified atom stereocenters. The van der Waals surface area contributed by atoms with Gasteiger partial charge in [0.25, 0.3) is 0 Å². The number of carbonyl (C=O) groups excluding carboxylic acids is 6. The van der Waals surface area contributed by atoms with E-state index < -0.39 is 35.9 Å². The third-order valence-corrected chi connectivity index (χ3v) is 27.0. The van der Waals surface area contributed by atoms with Crippen LogP contribution >= 0.6 is 0 Å². The maximum atomic E-state index is 14.3. The number of aliphatic hydroxyl groups excluding tert-OH is 2. The molecule has 0 aromatic rings. The van der Waals surface area contributed by atoms with Crippen LogP contribution in [0.4, 0.5) is 0 Å². The van der Waals surface area contributed by atoms with Crippen molar-refractivity contribution in [2.45, 2.75) is 225 Å². The van der Waals surface area contributed by atoms with E-state index in [4.69, 9.17) is 0 Å². The quantitative estimate of drug-likeness (QED) is 0.188. The van der Waals surface area contributed by atoms with Crippen molar-refractivity contribution >= 4 is 73.1 Å². The van der Waals surface area contributed by atoms with Gasteiger partial charge in [-0.3, -0.25) is 19.2 Å². The fourth-order valence-electron chi connectivity index (χ4n) is 21.5. The fraction of sp³-hybridized carbons (Fsp3) is 0.844. The predicted molar refractivity (Wildman–Crippen MR) is 293 cm³/mol. The Morgan fingerprint density at radius 3 is 1.14 bits per heavy atom. The van der Waals surface area contributed by atoms with Gasteiger partial charge in [0, 0.05) is 22.7 Å². The van der Waals surface area contributed by atoms with E-state index in [2.05, 4.69) is 93.7 Å². The molecule has 12 nitrogen and oxygen atoms in total. The SMILES string of the molecule is CC1(C)C2CC[C@]3(C)C(C(=O)C=C4[C@H]5C[C@](C)(C(=O)NCC(=O)[O-])CC[C@]5(C)CC[C@]43C)[C@@]2(C)CC[C@@H]1O.CC1(C)C2CC[C@]3(C)C(C(=O)C=C4[C@H]5C[C@](C)(C(=O)NCC(=O)[O-])CC[C@]5(C)CC[C@]43C)[C@@]2(C)CC[C@@H]1O.[Ca+2]. The van der Waals surface area contributed by atoms with Gasteiger partial charge in [-0.15, -0.1) is 0 Å². The Kier molecular flexibility index (Phi) is 15.4. The van der Waals surface area contributed by atoms with Gasteiger partial charge in [-0.2, -0.15) is 0 Å². The summed E-state index contributed by atoms with van der Waals surface area (Å²) < 4.78 is 0. The van der Waals surface area contributed by atoms with E-state index in [1.807, 2.05) is 26.0 Å². The molecule has 8 fully saturated rings. The molecule has 10 aliphatic rings. The van der Waals surface area contributed by atoms with Crippen LogP contribution in [0.15, 0.2) is 23.3 Å². The number of carbonyl (C=O) groups is 6. The second kappa shape index (κ2) is 19.5. The second-order valence-corrected chi connectivity index (χ2v) is 31.4. The molecule has 10 aliphatic carbocycles. The monoisotopic (exact) mass is 1090 g/mol. The number of fused-ring (bicyclic) bond motifs is 14. The van der Waals surface area contributed by atoms with E-state index in [0.29, 0.717) is 37.5 Å². The summed E-state index contributed by atoms with van der Waals surface area (Å²) in [4.78, 5) is 77.0. The first kappa shape index (κ1) is 61.0. The summed E-state index contributed by atoms with van der Waals surface area (Å²) in [7, 11) is 0. The molecule has 8 saturated carbocycles. The van der Waals surface area contributed by atoms with Crippen LogP contribution in [0.5, 0.6) is 0 Å². The second-order valence-electron chi connectivity index (χ2n) is 31.4. The molecule has 0 saturated heterocycles. The van der Waals surface area contributed by atoms with Crippen molar-refractivity contribution in [3.63, 3.8) is 0 Å². The number of hydrogen-bond donors (Lipinski definition) is 4. The summed E-state index contributed by atoms with van der Waals surface area (Å²) in [6, 6.07) is 0. The van der Waals surface area contributed by atoms with Crippen LogP contribution in [0.1, 0.15) is 213 Å². The van der Waals surface area contributed by atoms with Gasteiger partial charge in [-0.1, -0.05) is 108 Å². The predicted octanol–water partition coefficient (Wildman–Crippen LogP) is 8.01. The molecule has 0 radical (unpaired) electrons. The summed E-state index contributed by atoms with van der Waals surface area (Å²) >= 11 is 0. The van der Waals surface area contributed by atoms with Gasteiger partial charge >= 0.3 is 37.7 Å². The van der Waals surface area contributed by atoms with Crippen molar-refractivity contribution in [3.8, 4) is 0 Å². The smallest absolute Gasteiger partial charge is 0.548 e. The van der Waals surface area contributed by atoms with E-state index in [9.17, 15) is 49.2 Å². The number of carboxylic acid groups (broad SMARTS) is 2. The first-order valence-electron chi connectivity index (χ1n) is 29.7. The van der Waals surface area contributed by atoms with Crippen LogP contribution in [0.3, 0.4) is 0 Å². The number of aliphatic carboxylic acids is 2. The van der Waals surface area contributed by atoms with Gasteiger partial charge in [0.05, 0.1) is 37.2 Å². The Hall–Kier alpha value is -2.12. The fourth-order valence-corrected chi connectivity index (χ4v) is 21.5. The molecule has 0 aliphatic heterocycles. The first-order chi connectivity index (χ1) is 34.9. The Bertz CT molecular complexity index is 2370. The molecule has 0 spiro atoms. The van der Waals surface area contributed by atoms with Crippen LogP contribution in [-0.4, -0.2) is 109 Å². The van der Waals surface area contributed by atoms with Gasteiger partial charge in [-0.05, 0) is 206 Å². The summed E-state index contributed by atoms with van der Waals surface area (Å²) in [5.74, 6) is -1.81. The van der Waals surface area contributed by atoms with Gasteiger partial charge < -0.3 is 40.6 Å². The molecule has 0 aromatic carbocycles. The number of amides is 2. The minimum Gasteiger partial charge on any atom is -0.548 e. The van der Waals surface area contributed by atoms with Gasteiger partial charge in [0.15, 0.2) is 11.6 Å². The van der Waals surface area contributed by atoms with Gasteiger partial charge in [-0.25, -0.2) is 0 Å². The zero-order valence-electron chi connectivity index (χ0n) is 49.8. The average Bonchev–Trinajstić information content (AvgIpc) is 3.32. The number of hydrogen-bond acceptors (Lipinski definition) is 10. The average molecular weight is 1090 g/mol. The van der Waals surface area contributed by atoms with Gasteiger partial charge in [0.2, 0.25) is 11.8 Å². The van der Waals surface area contributed by atoms with E-state index >= 15 is 0 Å². The topological polar surface area (TPSA) is 213 Å². The van der Waals surface area contributed by atoms with Crippen molar-refractivity contribution in [2.24, 2.45) is 100 Å². The Morgan fingerprint density at radius 1 is 0.494 bits per heavy atom. The summed E-state index contributed by atoms with van der Waals surface area (Å²) in [5, 5.41) is 49.0. The largest absolute Gasteiger partial charge is 2.00 e. The number of aliphatic hydroxyl groups is 2. The molecule has 0 bridgehead atoms. The van der Waals surface area contributed by atoms with Crippen LogP contribution in [0.25, 0.3) is 0 Å². The van der Waals surface area contributed by atoms with Crippen LogP contribution in [0.2, 0.25) is 0 Å². The molecule has 18 atom stereocenters. The van der Waals surface area contributed by atoms with E-state index in [1.165, 1.54) is 11.1 Å². The Balaban J connectivity index is 0.000000201. The van der Waals surface area contributed by atoms with Crippen molar-refractivity contribution in [1.29, 1.82) is 0 Å². The van der Waals surface area contributed by atoms with Crippen molar-refractivity contribution in [1.82, 2.24) is 10.6 Å². The maximum absolute atomic E-state index is 14.3.